The van der Waals surface area contributed by atoms with E-state index in [1.165, 1.54) is 82.4 Å². The molecule has 1 aliphatic carbocycles. The molecule has 8 atom stereocenters. The van der Waals surface area contributed by atoms with Gasteiger partial charge in [-0.05, 0) is 25.7 Å². The highest BCUT2D eigenvalue weighted by molar-refractivity contribution is 8.13. The normalized spacial score (nSPS) is 21.3. The van der Waals surface area contributed by atoms with Gasteiger partial charge >= 0.3 is 35.4 Å². The summed E-state index contributed by atoms with van der Waals surface area (Å²) in [6.45, 7) is 3.35. The van der Waals surface area contributed by atoms with Gasteiger partial charge in [-0.25, -0.2) is 13.7 Å². The van der Waals surface area contributed by atoms with Crippen LogP contribution in [0.4, 0.5) is 0 Å². The van der Waals surface area contributed by atoms with Crippen molar-refractivity contribution in [1.82, 2.24) is 0 Å². The first kappa shape index (κ1) is 65.2. The maximum atomic E-state index is 13.1. The molecule has 0 aromatic carbocycles. The molecular formula is C44H85O20P3S. The molecule has 0 saturated heterocycles. The molecule has 402 valence electrons. The molecule has 24 heteroatoms. The van der Waals surface area contributed by atoms with Crippen LogP contribution in [-0.2, 0) is 55.6 Å². The average molecular weight is 1060 g/mol. The maximum Gasteiger partial charge on any atom is 0.472 e. The number of rotatable bonds is 43. The summed E-state index contributed by atoms with van der Waals surface area (Å²) in [6.07, 6.45) is 11.3. The number of ether oxygens (including phenoxy) is 2. The Hall–Kier alpha value is -0.830. The van der Waals surface area contributed by atoms with Crippen LogP contribution in [0.2, 0.25) is 0 Å². The van der Waals surface area contributed by atoms with Crippen LogP contribution in [0.5, 0.6) is 0 Å². The lowest BCUT2D eigenvalue weighted by atomic mass is 9.85. The van der Waals surface area contributed by atoms with Gasteiger partial charge in [0, 0.05) is 18.6 Å². The van der Waals surface area contributed by atoms with Gasteiger partial charge in [-0.1, -0.05) is 167 Å². The van der Waals surface area contributed by atoms with Crippen LogP contribution < -0.4 is 0 Å². The summed E-state index contributed by atoms with van der Waals surface area (Å²) < 4.78 is 65.5. The van der Waals surface area contributed by atoms with Gasteiger partial charge in [-0.15, -0.1) is 0 Å². The lowest BCUT2D eigenvalue weighted by Gasteiger charge is -2.44. The van der Waals surface area contributed by atoms with Gasteiger partial charge in [0.2, 0.25) is 0 Å². The van der Waals surface area contributed by atoms with Crippen molar-refractivity contribution >= 4 is 52.3 Å². The maximum absolute atomic E-state index is 13.1. The zero-order valence-electron chi connectivity index (χ0n) is 40.4. The van der Waals surface area contributed by atoms with Gasteiger partial charge in [0.15, 0.2) is 5.12 Å². The first-order valence-corrected chi connectivity index (χ1v) is 30.4. The number of phosphoric acid groups is 3. The molecule has 1 saturated carbocycles. The van der Waals surface area contributed by atoms with E-state index in [0.29, 0.717) is 19.3 Å². The number of carbonyl (C=O) groups excluding carboxylic acids is 3. The largest absolute Gasteiger partial charge is 0.472 e. The molecule has 0 amide bonds. The van der Waals surface area contributed by atoms with E-state index in [0.717, 1.165) is 89.2 Å². The summed E-state index contributed by atoms with van der Waals surface area (Å²) in [5, 5.41) is 32.2. The van der Waals surface area contributed by atoms with Crippen LogP contribution in [0.25, 0.3) is 0 Å². The second-order valence-electron chi connectivity index (χ2n) is 17.7. The molecule has 0 heterocycles. The second kappa shape index (κ2) is 37.8. The minimum Gasteiger partial charge on any atom is -0.466 e. The number of aliphatic hydroxyl groups is 3. The van der Waals surface area contributed by atoms with Crippen molar-refractivity contribution in [2.24, 2.45) is 0 Å². The van der Waals surface area contributed by atoms with Crippen molar-refractivity contribution < 1.29 is 95.4 Å². The predicted molar refractivity (Wildman–Crippen MR) is 256 cm³/mol. The third kappa shape index (κ3) is 33.8. The Balaban J connectivity index is 2.67. The molecule has 0 spiro atoms. The Kier molecular flexibility index (Phi) is 36.3. The fourth-order valence-corrected chi connectivity index (χ4v) is 10.8. The quantitative estimate of drug-likeness (QED) is 0.0161. The van der Waals surface area contributed by atoms with Crippen LogP contribution in [0.1, 0.15) is 200 Å². The fraction of sp³-hybridized carbons (Fsp3) is 0.932. The summed E-state index contributed by atoms with van der Waals surface area (Å²) in [4.78, 5) is 85.0. The SMILES string of the molecule is CCCCCCCCCCCCCCCC(=O)O[C@@H](COP(=O)(O)OC1C(O)[C@H](OP(=O)(O)O)C(OP(=O)(O)O)[C@H](O)[C@@H]1O)CC(=O)OCCCCCCCCCCCCCCSC(=O)CCC. The molecule has 0 aromatic rings. The smallest absolute Gasteiger partial charge is 0.466 e. The number of thioether (sulfide) groups is 1. The van der Waals surface area contributed by atoms with Gasteiger partial charge in [0.1, 0.15) is 42.7 Å². The third-order valence-electron chi connectivity index (χ3n) is 11.4. The van der Waals surface area contributed by atoms with Crippen LogP contribution in [-0.4, -0.2) is 119 Å². The summed E-state index contributed by atoms with van der Waals surface area (Å²) in [5.74, 6) is -0.604. The minimum atomic E-state index is -5.61. The Morgan fingerprint density at radius 3 is 1.40 bits per heavy atom. The zero-order chi connectivity index (χ0) is 50.9. The molecule has 1 fully saturated rings. The Bertz CT molecular complexity index is 1500. The van der Waals surface area contributed by atoms with Crippen molar-refractivity contribution in [2.75, 3.05) is 19.0 Å². The van der Waals surface area contributed by atoms with Crippen molar-refractivity contribution in [3.63, 3.8) is 0 Å². The minimum absolute atomic E-state index is 0.0175. The molecule has 0 aromatic heterocycles. The molecule has 0 bridgehead atoms. The van der Waals surface area contributed by atoms with Crippen LogP contribution in [0.15, 0.2) is 0 Å². The third-order valence-corrected chi connectivity index (χ3v) is 14.5. The summed E-state index contributed by atoms with van der Waals surface area (Å²) in [7, 11) is -16.6. The van der Waals surface area contributed by atoms with Gasteiger partial charge in [0.05, 0.1) is 19.6 Å². The predicted octanol–water partition coefficient (Wildman–Crippen LogP) is 8.61. The Morgan fingerprint density at radius 2 is 0.926 bits per heavy atom. The summed E-state index contributed by atoms with van der Waals surface area (Å²) in [6, 6.07) is 0. The highest BCUT2D eigenvalue weighted by atomic mass is 32.2. The van der Waals surface area contributed by atoms with Crippen molar-refractivity contribution in [2.45, 2.75) is 243 Å². The van der Waals surface area contributed by atoms with Crippen molar-refractivity contribution in [1.29, 1.82) is 0 Å². The summed E-state index contributed by atoms with van der Waals surface area (Å²) >= 11 is 1.45. The lowest BCUT2D eigenvalue weighted by molar-refractivity contribution is -0.213. The molecule has 1 aliphatic rings. The van der Waals surface area contributed by atoms with E-state index in [2.05, 4.69) is 16.0 Å². The van der Waals surface area contributed by atoms with Gasteiger partial charge in [-0.3, -0.25) is 32.5 Å². The fourth-order valence-electron chi connectivity index (χ4n) is 7.75. The number of hydrogen-bond acceptors (Lipinski definition) is 16. The molecule has 0 radical (unpaired) electrons. The number of hydrogen-bond donors (Lipinski definition) is 8. The number of esters is 2. The van der Waals surface area contributed by atoms with E-state index in [9.17, 15) is 67.9 Å². The summed E-state index contributed by atoms with van der Waals surface area (Å²) in [5.41, 5.74) is 0. The van der Waals surface area contributed by atoms with Gasteiger partial charge < -0.3 is 49.3 Å². The number of unbranched alkanes of at least 4 members (excludes halogenated alkanes) is 23. The molecule has 68 heavy (non-hydrogen) atoms. The van der Waals surface area contributed by atoms with E-state index in [-0.39, 0.29) is 18.1 Å². The zero-order valence-corrected chi connectivity index (χ0v) is 43.9. The standard InChI is InChI=1S/C44H85O20P3S/c1-3-5-6-7-8-9-10-11-14-17-20-23-26-30-36(45)61-35(33-37(46)59-31-27-24-21-18-15-12-13-16-19-22-25-28-32-68-38(47)29-4-2)34-60-67(57,58)64-42-39(48)40(49)43(62-65(51,52)53)44(41(42)50)63-66(54,55)56/h35,39-44,48-50H,3-34H2,1-2H3,(H,57,58)(H2,51,52,53)(H2,54,55,56)/t35-,39+,40-,41?,42?,43?,44+/m1/s1. The molecule has 8 N–H and O–H groups in total. The topological polar surface area (TPSA) is 320 Å². The van der Waals surface area contributed by atoms with E-state index in [1.807, 2.05) is 6.92 Å². The Labute approximate surface area is 408 Å². The highest BCUT2D eigenvalue weighted by Gasteiger charge is 2.56. The monoisotopic (exact) mass is 1060 g/mol. The van der Waals surface area contributed by atoms with Gasteiger partial charge in [-0.2, -0.15) is 0 Å². The molecule has 20 nitrogen and oxygen atoms in total. The van der Waals surface area contributed by atoms with Gasteiger partial charge in [0.25, 0.3) is 0 Å². The first-order chi connectivity index (χ1) is 32.2. The lowest BCUT2D eigenvalue weighted by Crippen LogP contribution is -2.65. The number of carbonyl (C=O) groups is 3. The van der Waals surface area contributed by atoms with E-state index in [1.54, 1.807) is 0 Å². The molecular weight excluding hydrogens is 973 g/mol. The van der Waals surface area contributed by atoms with E-state index < -0.39 is 91.2 Å². The number of phosphoric ester groups is 3. The van der Waals surface area contributed by atoms with Crippen LogP contribution in [0, 0.1) is 0 Å². The van der Waals surface area contributed by atoms with Crippen molar-refractivity contribution in [3.05, 3.63) is 0 Å². The van der Waals surface area contributed by atoms with Crippen LogP contribution >= 0.6 is 35.2 Å². The first-order valence-electron chi connectivity index (χ1n) is 24.9. The molecule has 0 aliphatic heterocycles. The number of aliphatic hydroxyl groups excluding tert-OH is 3. The Morgan fingerprint density at radius 1 is 0.500 bits per heavy atom. The molecule has 4 unspecified atom stereocenters. The second-order valence-corrected chi connectivity index (χ2v) is 22.6. The van der Waals surface area contributed by atoms with Crippen LogP contribution in [0.3, 0.4) is 0 Å². The van der Waals surface area contributed by atoms with E-state index in [4.69, 9.17) is 18.5 Å². The average Bonchev–Trinajstić information content (AvgIpc) is 3.25. The molecule has 1 rings (SSSR count). The highest BCUT2D eigenvalue weighted by Crippen LogP contribution is 2.51. The van der Waals surface area contributed by atoms with E-state index >= 15 is 0 Å². The van der Waals surface area contributed by atoms with Crippen molar-refractivity contribution in [3.8, 4) is 0 Å².